The molecule has 126 valence electrons. The van der Waals surface area contributed by atoms with Gasteiger partial charge in [-0.05, 0) is 23.8 Å². The van der Waals surface area contributed by atoms with Crippen LogP contribution in [0.2, 0.25) is 5.02 Å². The van der Waals surface area contributed by atoms with Gasteiger partial charge in [-0.3, -0.25) is 14.9 Å². The van der Waals surface area contributed by atoms with Crippen molar-refractivity contribution in [2.45, 2.75) is 6.42 Å². The number of hydrogen-bond donors (Lipinski definition) is 1. The van der Waals surface area contributed by atoms with Crippen molar-refractivity contribution in [2.75, 3.05) is 19.5 Å². The summed E-state index contributed by atoms with van der Waals surface area (Å²) in [5.41, 5.74) is 0.897. The maximum atomic E-state index is 12.1. The number of ether oxygens (including phenoxy) is 2. The Balaban J connectivity index is 2.10. The Labute approximate surface area is 143 Å². The van der Waals surface area contributed by atoms with Crippen molar-refractivity contribution in [2.24, 2.45) is 0 Å². The highest BCUT2D eigenvalue weighted by Crippen LogP contribution is 2.29. The van der Waals surface area contributed by atoms with Crippen molar-refractivity contribution >= 4 is 28.9 Å². The van der Waals surface area contributed by atoms with Gasteiger partial charge in [0.2, 0.25) is 5.91 Å². The van der Waals surface area contributed by atoms with E-state index in [1.54, 1.807) is 18.2 Å². The molecule has 0 fully saturated rings. The van der Waals surface area contributed by atoms with Gasteiger partial charge in [-0.25, -0.2) is 0 Å². The van der Waals surface area contributed by atoms with Crippen LogP contribution in [-0.2, 0) is 11.2 Å². The van der Waals surface area contributed by atoms with Crippen molar-refractivity contribution in [1.29, 1.82) is 0 Å². The fraction of sp³-hybridized carbons (Fsp3) is 0.188. The summed E-state index contributed by atoms with van der Waals surface area (Å²) in [5, 5.41) is 13.4. The third-order valence-corrected chi connectivity index (χ3v) is 3.56. The van der Waals surface area contributed by atoms with E-state index in [0.717, 1.165) is 5.56 Å². The number of non-ortho nitro benzene ring substituents is 1. The van der Waals surface area contributed by atoms with Crippen LogP contribution in [0.4, 0.5) is 11.4 Å². The molecule has 2 rings (SSSR count). The number of anilines is 1. The van der Waals surface area contributed by atoms with Crippen LogP contribution in [0.15, 0.2) is 36.4 Å². The van der Waals surface area contributed by atoms with Gasteiger partial charge in [-0.1, -0.05) is 17.7 Å². The molecule has 0 heterocycles. The predicted octanol–water partition coefficient (Wildman–Crippen LogP) is 3.45. The summed E-state index contributed by atoms with van der Waals surface area (Å²) in [6.07, 6.45) is 0.0909. The van der Waals surface area contributed by atoms with E-state index in [1.807, 2.05) is 0 Å². The lowest BCUT2D eigenvalue weighted by Crippen LogP contribution is -2.14. The number of amides is 1. The van der Waals surface area contributed by atoms with E-state index in [9.17, 15) is 14.9 Å². The van der Waals surface area contributed by atoms with Gasteiger partial charge in [0.25, 0.3) is 5.69 Å². The number of benzene rings is 2. The second kappa shape index (κ2) is 7.65. The molecule has 0 unspecified atom stereocenters. The molecule has 24 heavy (non-hydrogen) atoms. The molecule has 7 nitrogen and oxygen atoms in total. The molecule has 0 spiro atoms. The number of carbonyl (C=O) groups excluding carboxylic acids is 1. The minimum atomic E-state index is -0.554. The zero-order valence-electron chi connectivity index (χ0n) is 13.0. The third kappa shape index (κ3) is 4.14. The zero-order valence-corrected chi connectivity index (χ0v) is 13.8. The van der Waals surface area contributed by atoms with Crippen LogP contribution in [0.1, 0.15) is 5.56 Å². The normalized spacial score (nSPS) is 10.1. The van der Waals surface area contributed by atoms with E-state index in [2.05, 4.69) is 5.32 Å². The number of hydrogen-bond acceptors (Lipinski definition) is 5. The van der Waals surface area contributed by atoms with Crippen molar-refractivity contribution in [3.63, 3.8) is 0 Å². The van der Waals surface area contributed by atoms with Crippen molar-refractivity contribution in [1.82, 2.24) is 0 Å². The molecule has 0 saturated carbocycles. The molecule has 8 heteroatoms. The molecule has 0 aliphatic carbocycles. The average molecular weight is 351 g/mol. The summed E-state index contributed by atoms with van der Waals surface area (Å²) in [4.78, 5) is 22.3. The van der Waals surface area contributed by atoms with Crippen molar-refractivity contribution in [3.05, 3.63) is 57.1 Å². The SMILES string of the molecule is COc1ccc(CC(=O)Nc2ccc([N+](=O)[O-])cc2Cl)cc1OC. The van der Waals surface area contributed by atoms with Crippen LogP contribution in [0.3, 0.4) is 0 Å². The van der Waals surface area contributed by atoms with Crippen LogP contribution in [-0.4, -0.2) is 25.1 Å². The Hall–Kier alpha value is -2.80. The highest BCUT2D eigenvalue weighted by Gasteiger charge is 2.13. The molecular weight excluding hydrogens is 336 g/mol. The molecule has 0 aliphatic heterocycles. The van der Waals surface area contributed by atoms with E-state index in [4.69, 9.17) is 21.1 Å². The highest BCUT2D eigenvalue weighted by atomic mass is 35.5. The predicted molar refractivity (Wildman–Crippen MR) is 90.0 cm³/mol. The van der Waals surface area contributed by atoms with Crippen LogP contribution in [0.5, 0.6) is 11.5 Å². The summed E-state index contributed by atoms with van der Waals surface area (Å²) in [5.74, 6) is 0.786. The summed E-state index contributed by atoms with van der Waals surface area (Å²) >= 11 is 5.95. The first-order valence-electron chi connectivity index (χ1n) is 6.89. The van der Waals surface area contributed by atoms with E-state index in [-0.39, 0.29) is 23.0 Å². The molecule has 0 aromatic heterocycles. The molecule has 0 saturated heterocycles. The van der Waals surface area contributed by atoms with E-state index in [1.165, 1.54) is 32.4 Å². The fourth-order valence-electron chi connectivity index (χ4n) is 2.09. The quantitative estimate of drug-likeness (QED) is 0.636. The first kappa shape index (κ1) is 17.6. The standard InChI is InChI=1S/C16H15ClN2O5/c1-23-14-6-3-10(7-15(14)24-2)8-16(20)18-13-5-4-11(19(21)22)9-12(13)17/h3-7,9H,8H2,1-2H3,(H,18,20). The molecule has 0 radical (unpaired) electrons. The molecule has 0 atom stereocenters. The first-order chi connectivity index (χ1) is 11.4. The number of methoxy groups -OCH3 is 2. The van der Waals surface area contributed by atoms with Gasteiger partial charge < -0.3 is 14.8 Å². The minimum absolute atomic E-state index is 0.0909. The van der Waals surface area contributed by atoms with Gasteiger partial charge >= 0.3 is 0 Å². The second-order valence-electron chi connectivity index (χ2n) is 4.84. The second-order valence-corrected chi connectivity index (χ2v) is 5.24. The van der Waals surface area contributed by atoms with Crippen molar-refractivity contribution < 1.29 is 19.2 Å². The van der Waals surface area contributed by atoms with Gasteiger partial charge in [0, 0.05) is 12.1 Å². The van der Waals surface area contributed by atoms with Crippen LogP contribution in [0, 0.1) is 10.1 Å². The summed E-state index contributed by atoms with van der Waals surface area (Å²) in [7, 11) is 3.04. The molecule has 1 N–H and O–H groups in total. The van der Waals surface area contributed by atoms with E-state index in [0.29, 0.717) is 17.2 Å². The zero-order chi connectivity index (χ0) is 17.7. The maximum absolute atomic E-state index is 12.1. The van der Waals surface area contributed by atoms with Crippen LogP contribution < -0.4 is 14.8 Å². The van der Waals surface area contributed by atoms with Gasteiger partial charge in [0.15, 0.2) is 11.5 Å². The number of rotatable bonds is 6. The largest absolute Gasteiger partial charge is 0.493 e. The molecule has 0 aliphatic rings. The summed E-state index contributed by atoms with van der Waals surface area (Å²) in [6, 6.07) is 9.02. The number of nitrogens with zero attached hydrogens (tertiary/aromatic N) is 1. The van der Waals surface area contributed by atoms with Gasteiger partial charge in [0.05, 0.1) is 36.3 Å². The molecular formula is C16H15ClN2O5. The van der Waals surface area contributed by atoms with Crippen molar-refractivity contribution in [3.8, 4) is 11.5 Å². The Morgan fingerprint density at radius 3 is 2.46 bits per heavy atom. The number of carbonyl (C=O) groups is 1. The Morgan fingerprint density at radius 1 is 1.17 bits per heavy atom. The number of nitrogens with one attached hydrogen (secondary N) is 1. The Kier molecular flexibility index (Phi) is 5.59. The molecule has 2 aromatic carbocycles. The monoisotopic (exact) mass is 350 g/mol. The number of nitro groups is 1. The van der Waals surface area contributed by atoms with Crippen LogP contribution in [0.25, 0.3) is 0 Å². The van der Waals surface area contributed by atoms with Gasteiger partial charge in [0.1, 0.15) is 0 Å². The molecule has 0 bridgehead atoms. The lowest BCUT2D eigenvalue weighted by atomic mass is 10.1. The maximum Gasteiger partial charge on any atom is 0.271 e. The lowest BCUT2D eigenvalue weighted by molar-refractivity contribution is -0.384. The number of halogens is 1. The average Bonchev–Trinajstić information content (AvgIpc) is 2.56. The van der Waals surface area contributed by atoms with E-state index < -0.39 is 4.92 Å². The van der Waals surface area contributed by atoms with Gasteiger partial charge in [-0.2, -0.15) is 0 Å². The Bertz CT molecular complexity index is 779. The molecule has 2 aromatic rings. The number of nitro benzene ring substituents is 1. The van der Waals surface area contributed by atoms with Crippen LogP contribution >= 0.6 is 11.6 Å². The topological polar surface area (TPSA) is 90.7 Å². The summed E-state index contributed by atoms with van der Waals surface area (Å²) < 4.78 is 10.3. The summed E-state index contributed by atoms with van der Waals surface area (Å²) in [6.45, 7) is 0. The van der Waals surface area contributed by atoms with Gasteiger partial charge in [-0.15, -0.1) is 0 Å². The minimum Gasteiger partial charge on any atom is -0.493 e. The highest BCUT2D eigenvalue weighted by molar-refractivity contribution is 6.34. The van der Waals surface area contributed by atoms with E-state index >= 15 is 0 Å². The Morgan fingerprint density at radius 2 is 1.88 bits per heavy atom. The third-order valence-electron chi connectivity index (χ3n) is 3.25. The first-order valence-corrected chi connectivity index (χ1v) is 7.27. The lowest BCUT2D eigenvalue weighted by Gasteiger charge is -2.10. The smallest absolute Gasteiger partial charge is 0.271 e. The fourth-order valence-corrected chi connectivity index (χ4v) is 2.31. The molecule has 1 amide bonds.